The Hall–Kier alpha value is -3.85. The third-order valence-electron chi connectivity index (χ3n) is 9.45. The Bertz CT molecular complexity index is 1830. The molecule has 2 aliphatic heterocycles. The Kier molecular flexibility index (Phi) is 10.2. The lowest BCUT2D eigenvalue weighted by molar-refractivity contribution is -0.120. The van der Waals surface area contributed by atoms with Gasteiger partial charge in [-0.1, -0.05) is 55.0 Å². The summed E-state index contributed by atoms with van der Waals surface area (Å²) in [6, 6.07) is 19.0. The van der Waals surface area contributed by atoms with E-state index in [2.05, 4.69) is 5.32 Å². The Labute approximate surface area is 284 Å². The number of hydrogen-bond donors (Lipinski definition) is 3. The summed E-state index contributed by atoms with van der Waals surface area (Å²) >= 11 is 12.8. The number of nitrogens with zero attached hydrogens (tertiary/aromatic N) is 2. The van der Waals surface area contributed by atoms with Crippen LogP contribution in [0.2, 0.25) is 0 Å². The van der Waals surface area contributed by atoms with E-state index in [4.69, 9.17) is 28.9 Å². The Balaban J connectivity index is 1.18. The van der Waals surface area contributed by atoms with Crippen LogP contribution < -0.4 is 20.9 Å². The zero-order chi connectivity index (χ0) is 33.1. The molecule has 0 aliphatic carbocycles. The van der Waals surface area contributed by atoms with E-state index in [0.29, 0.717) is 55.6 Å². The van der Waals surface area contributed by atoms with Crippen molar-refractivity contribution in [3.05, 3.63) is 71.8 Å². The fraction of sp³-hybridized carbons (Fsp3) is 0.378. The smallest absolute Gasteiger partial charge is 0.227 e. The molecule has 0 aromatic heterocycles. The molecule has 10 heteroatoms. The molecule has 0 radical (unpaired) electrons. The molecule has 0 saturated heterocycles. The third kappa shape index (κ3) is 6.51. The molecule has 0 fully saturated rings. The lowest BCUT2D eigenvalue weighted by atomic mass is 9.95. The van der Waals surface area contributed by atoms with E-state index in [-0.39, 0.29) is 48.1 Å². The summed E-state index contributed by atoms with van der Waals surface area (Å²) in [4.78, 5) is 43.6. The van der Waals surface area contributed by atoms with E-state index in [0.717, 1.165) is 57.6 Å². The second-order valence-corrected chi connectivity index (χ2v) is 13.1. The number of carbonyl (C=O) groups excluding carboxylic acids is 3. The molecule has 8 nitrogen and oxygen atoms in total. The number of amides is 3. The molecule has 4 aromatic rings. The molecule has 0 spiro atoms. The number of fused-ring (bicyclic) bond motifs is 6. The van der Waals surface area contributed by atoms with Crippen LogP contribution in [0.4, 0.5) is 17.1 Å². The van der Waals surface area contributed by atoms with E-state index < -0.39 is 0 Å². The summed E-state index contributed by atoms with van der Waals surface area (Å²) < 4.78 is 0. The monoisotopic (exact) mass is 674 g/mol. The van der Waals surface area contributed by atoms with Crippen LogP contribution >= 0.6 is 23.2 Å². The van der Waals surface area contributed by atoms with Gasteiger partial charge < -0.3 is 26.0 Å². The standard InChI is InChI=1S/C37H40Cl2N4O4/c38-19-23-21-42(30-17-29(41-33(45)13-2-1-7-16-40)25-9-3-5-11-27(25)36(23)30)34(46)14-8-15-35(47)43-22-24(20-39)37-28-12-6-4-10-26(28)32(44)18-31(37)43/h3-6,9-12,17-18,23-24,44H,1-2,7-8,13-16,19-22,40H2,(H,41,45)/t23-,24-/m0/s1. The fourth-order valence-electron chi connectivity index (χ4n) is 7.18. The van der Waals surface area contributed by atoms with Crippen molar-refractivity contribution in [3.8, 4) is 5.75 Å². The van der Waals surface area contributed by atoms with Gasteiger partial charge in [0.15, 0.2) is 0 Å². The molecule has 246 valence electrons. The third-order valence-corrected chi connectivity index (χ3v) is 10.2. The van der Waals surface area contributed by atoms with Crippen LogP contribution in [-0.2, 0) is 14.4 Å². The fourth-order valence-corrected chi connectivity index (χ4v) is 7.68. The van der Waals surface area contributed by atoms with E-state index in [9.17, 15) is 19.5 Å². The summed E-state index contributed by atoms with van der Waals surface area (Å²) in [5.41, 5.74) is 9.68. The summed E-state index contributed by atoms with van der Waals surface area (Å²) in [5.74, 6) is 0.450. The van der Waals surface area contributed by atoms with E-state index >= 15 is 0 Å². The van der Waals surface area contributed by atoms with Crippen molar-refractivity contribution in [3.63, 3.8) is 0 Å². The van der Waals surface area contributed by atoms with E-state index in [1.807, 2.05) is 54.6 Å². The normalized spacial score (nSPS) is 16.9. The molecular formula is C37H40Cl2N4O4. The van der Waals surface area contributed by atoms with E-state index in [1.54, 1.807) is 15.9 Å². The maximum Gasteiger partial charge on any atom is 0.227 e. The van der Waals surface area contributed by atoms with Crippen LogP contribution in [0.5, 0.6) is 5.75 Å². The summed E-state index contributed by atoms with van der Waals surface area (Å²) in [7, 11) is 0. The van der Waals surface area contributed by atoms with Crippen molar-refractivity contribution in [2.45, 2.75) is 56.8 Å². The van der Waals surface area contributed by atoms with Crippen molar-refractivity contribution in [1.82, 2.24) is 0 Å². The molecule has 6 rings (SSSR count). The summed E-state index contributed by atoms with van der Waals surface area (Å²) in [6.45, 7) is 1.49. The van der Waals surface area contributed by atoms with Gasteiger partial charge in [0.05, 0.1) is 11.4 Å². The van der Waals surface area contributed by atoms with Crippen LogP contribution in [0, 0.1) is 0 Å². The van der Waals surface area contributed by atoms with Crippen molar-refractivity contribution in [1.29, 1.82) is 0 Å². The number of halogens is 2. The number of rotatable bonds is 12. The van der Waals surface area contributed by atoms with Gasteiger partial charge in [-0.2, -0.15) is 0 Å². The first-order valence-corrected chi connectivity index (χ1v) is 17.5. The number of alkyl halides is 2. The molecule has 0 saturated carbocycles. The van der Waals surface area contributed by atoms with Gasteiger partial charge in [0.25, 0.3) is 0 Å². The average molecular weight is 676 g/mol. The maximum atomic E-state index is 13.7. The number of unbranched alkanes of at least 4 members (excludes halogenated alkanes) is 2. The van der Waals surface area contributed by atoms with Crippen LogP contribution in [0.1, 0.15) is 67.9 Å². The lowest BCUT2D eigenvalue weighted by Crippen LogP contribution is -2.32. The summed E-state index contributed by atoms with van der Waals surface area (Å²) in [5, 5.41) is 17.3. The van der Waals surface area contributed by atoms with Gasteiger partial charge in [0, 0.05) is 78.5 Å². The predicted molar refractivity (Wildman–Crippen MR) is 191 cm³/mol. The second kappa shape index (κ2) is 14.5. The van der Waals surface area contributed by atoms with Crippen molar-refractivity contribution in [2.75, 3.05) is 46.5 Å². The quantitative estimate of drug-likeness (QED) is 0.107. The summed E-state index contributed by atoms with van der Waals surface area (Å²) in [6.07, 6.45) is 3.67. The molecule has 47 heavy (non-hydrogen) atoms. The van der Waals surface area contributed by atoms with Gasteiger partial charge in [0.1, 0.15) is 5.75 Å². The SMILES string of the molecule is NCCCCCC(=O)Nc1cc2c(c3ccccc13)[C@@H](CCl)CN2C(=O)CCCC(=O)N1C[C@H](CCl)c2c1cc(O)c1ccccc21. The van der Waals surface area contributed by atoms with Crippen molar-refractivity contribution in [2.24, 2.45) is 5.73 Å². The highest BCUT2D eigenvalue weighted by molar-refractivity contribution is 6.20. The molecular weight excluding hydrogens is 635 g/mol. The first-order chi connectivity index (χ1) is 22.9. The van der Waals surface area contributed by atoms with Crippen LogP contribution in [0.25, 0.3) is 21.5 Å². The maximum absolute atomic E-state index is 13.7. The first kappa shape index (κ1) is 33.1. The highest BCUT2D eigenvalue weighted by Crippen LogP contribution is 2.47. The number of anilines is 3. The minimum atomic E-state index is -0.107. The largest absolute Gasteiger partial charge is 0.507 e. The molecule has 0 bridgehead atoms. The Morgan fingerprint density at radius 1 is 0.723 bits per heavy atom. The van der Waals surface area contributed by atoms with Crippen molar-refractivity contribution < 1.29 is 19.5 Å². The number of nitrogens with two attached hydrogens (primary N) is 1. The number of carbonyl (C=O) groups is 3. The Morgan fingerprint density at radius 3 is 1.83 bits per heavy atom. The highest BCUT2D eigenvalue weighted by atomic mass is 35.5. The molecule has 4 aromatic carbocycles. The highest BCUT2D eigenvalue weighted by Gasteiger charge is 2.36. The van der Waals surface area contributed by atoms with E-state index in [1.165, 1.54) is 0 Å². The lowest BCUT2D eigenvalue weighted by Gasteiger charge is -2.21. The molecule has 4 N–H and O–H groups in total. The first-order valence-electron chi connectivity index (χ1n) is 16.4. The van der Waals surface area contributed by atoms with Crippen LogP contribution in [0.15, 0.2) is 60.7 Å². The second-order valence-electron chi connectivity index (χ2n) is 12.5. The topological polar surface area (TPSA) is 116 Å². The van der Waals surface area contributed by atoms with Gasteiger partial charge >= 0.3 is 0 Å². The molecule has 2 heterocycles. The molecule has 2 aliphatic rings. The number of nitrogens with one attached hydrogen (secondary N) is 1. The van der Waals surface area contributed by atoms with Crippen LogP contribution in [-0.4, -0.2) is 54.2 Å². The minimum absolute atomic E-state index is 0.0493. The van der Waals surface area contributed by atoms with Gasteiger partial charge in [-0.15, -0.1) is 23.2 Å². The average Bonchev–Trinajstić information content (AvgIpc) is 3.65. The van der Waals surface area contributed by atoms with Gasteiger partial charge in [-0.25, -0.2) is 0 Å². The van der Waals surface area contributed by atoms with Gasteiger partial charge in [-0.05, 0) is 53.8 Å². The zero-order valence-corrected chi connectivity index (χ0v) is 27.8. The van der Waals surface area contributed by atoms with Gasteiger partial charge in [-0.3, -0.25) is 14.4 Å². The number of phenolic OH excluding ortho intramolecular Hbond substituents is 1. The number of aromatic hydroxyl groups is 1. The number of benzene rings is 4. The Morgan fingerprint density at radius 2 is 1.26 bits per heavy atom. The number of hydrogen-bond acceptors (Lipinski definition) is 5. The van der Waals surface area contributed by atoms with Crippen molar-refractivity contribution >= 4 is 79.5 Å². The molecule has 0 unspecified atom stereocenters. The molecule has 2 atom stereocenters. The van der Waals surface area contributed by atoms with Crippen LogP contribution in [0.3, 0.4) is 0 Å². The zero-order valence-electron chi connectivity index (χ0n) is 26.3. The van der Waals surface area contributed by atoms with Gasteiger partial charge in [0.2, 0.25) is 17.7 Å². The molecule has 3 amide bonds. The predicted octanol–water partition coefficient (Wildman–Crippen LogP) is 7.36. The number of phenols is 1. The minimum Gasteiger partial charge on any atom is -0.507 e.